The number of amides is 1. The zero-order valence-electron chi connectivity index (χ0n) is 10.5. The number of nitrogens with one attached hydrogen (secondary N) is 1. The summed E-state index contributed by atoms with van der Waals surface area (Å²) in [4.78, 5) is 14.2. The molecule has 1 N–H and O–H groups in total. The van der Waals surface area contributed by atoms with Gasteiger partial charge in [0.05, 0.1) is 12.2 Å². The predicted molar refractivity (Wildman–Crippen MR) is 68.5 cm³/mol. The van der Waals surface area contributed by atoms with E-state index in [2.05, 4.69) is 26.1 Å². The van der Waals surface area contributed by atoms with Crippen LogP contribution in [0.3, 0.4) is 0 Å². The average molecular weight is 242 g/mol. The summed E-state index contributed by atoms with van der Waals surface area (Å²) in [5.41, 5.74) is 0. The van der Waals surface area contributed by atoms with Gasteiger partial charge < -0.3 is 4.90 Å². The molecule has 0 saturated carbocycles. The standard InChI is InChI=1S/C12H22N2OS/c1-4-10-11(15)14(9(2)13-10)8-12(3)6-5-7-16-12/h9-10,13H,4-8H2,1-3H3. The Bertz CT molecular complexity index is 276. The SMILES string of the molecule is CCC1NC(C)N(CC2(C)CCCS2)C1=O. The summed E-state index contributed by atoms with van der Waals surface area (Å²) in [5, 5.41) is 3.36. The van der Waals surface area contributed by atoms with E-state index >= 15 is 0 Å². The molecule has 0 aromatic rings. The van der Waals surface area contributed by atoms with E-state index in [4.69, 9.17) is 0 Å². The molecule has 2 saturated heterocycles. The molecule has 3 nitrogen and oxygen atoms in total. The summed E-state index contributed by atoms with van der Waals surface area (Å²) < 4.78 is 0.286. The van der Waals surface area contributed by atoms with E-state index in [0.717, 1.165) is 13.0 Å². The van der Waals surface area contributed by atoms with Gasteiger partial charge in [-0.25, -0.2) is 0 Å². The number of nitrogens with zero attached hydrogens (tertiary/aromatic N) is 1. The maximum atomic E-state index is 12.1. The van der Waals surface area contributed by atoms with Crippen molar-refractivity contribution in [1.29, 1.82) is 0 Å². The maximum Gasteiger partial charge on any atom is 0.241 e. The Labute approximate surface area is 102 Å². The van der Waals surface area contributed by atoms with Crippen LogP contribution in [0.25, 0.3) is 0 Å². The van der Waals surface area contributed by atoms with Crippen molar-refractivity contribution in [2.45, 2.75) is 57.0 Å². The lowest BCUT2D eigenvalue weighted by Gasteiger charge is -2.31. The van der Waals surface area contributed by atoms with Crippen molar-refractivity contribution in [2.75, 3.05) is 12.3 Å². The van der Waals surface area contributed by atoms with Crippen molar-refractivity contribution in [3.05, 3.63) is 0 Å². The largest absolute Gasteiger partial charge is 0.325 e. The van der Waals surface area contributed by atoms with Gasteiger partial charge in [-0.1, -0.05) is 6.92 Å². The second-order valence-corrected chi connectivity index (χ2v) is 6.85. The molecule has 2 fully saturated rings. The zero-order valence-corrected chi connectivity index (χ0v) is 11.3. The first kappa shape index (κ1) is 12.2. The lowest BCUT2D eigenvalue weighted by Crippen LogP contribution is -2.43. The first-order valence-corrected chi connectivity index (χ1v) is 7.25. The number of hydrogen-bond acceptors (Lipinski definition) is 3. The van der Waals surface area contributed by atoms with Crippen LogP contribution in [-0.4, -0.2) is 40.1 Å². The summed E-state index contributed by atoms with van der Waals surface area (Å²) in [5.74, 6) is 1.54. The van der Waals surface area contributed by atoms with Gasteiger partial charge in [-0.15, -0.1) is 0 Å². The summed E-state index contributed by atoms with van der Waals surface area (Å²) >= 11 is 2.02. The topological polar surface area (TPSA) is 32.3 Å². The van der Waals surface area contributed by atoms with Gasteiger partial charge >= 0.3 is 0 Å². The maximum absolute atomic E-state index is 12.1. The minimum absolute atomic E-state index is 0.0463. The minimum atomic E-state index is 0.0463. The number of thioether (sulfide) groups is 1. The lowest BCUT2D eigenvalue weighted by atomic mass is 10.0. The van der Waals surface area contributed by atoms with Crippen molar-refractivity contribution in [2.24, 2.45) is 0 Å². The quantitative estimate of drug-likeness (QED) is 0.819. The van der Waals surface area contributed by atoms with Crippen LogP contribution in [0.4, 0.5) is 0 Å². The van der Waals surface area contributed by atoms with Gasteiger partial charge in [0.15, 0.2) is 0 Å². The first-order chi connectivity index (χ1) is 7.56. The van der Waals surface area contributed by atoms with Crippen LogP contribution in [0.5, 0.6) is 0 Å². The monoisotopic (exact) mass is 242 g/mol. The average Bonchev–Trinajstić information content (AvgIpc) is 2.78. The summed E-state index contributed by atoms with van der Waals surface area (Å²) in [6.45, 7) is 7.36. The molecule has 2 aliphatic heterocycles. The number of rotatable bonds is 3. The van der Waals surface area contributed by atoms with Gasteiger partial charge in [-0.3, -0.25) is 10.1 Å². The second-order valence-electron chi connectivity index (χ2n) is 5.17. The fourth-order valence-electron chi connectivity index (χ4n) is 2.67. The highest BCUT2D eigenvalue weighted by atomic mass is 32.2. The van der Waals surface area contributed by atoms with Crippen LogP contribution < -0.4 is 5.32 Å². The molecular weight excluding hydrogens is 220 g/mol. The van der Waals surface area contributed by atoms with E-state index in [1.165, 1.54) is 18.6 Å². The van der Waals surface area contributed by atoms with Crippen LogP contribution in [0, 0.1) is 0 Å². The third kappa shape index (κ3) is 2.23. The Kier molecular flexibility index (Phi) is 3.50. The van der Waals surface area contributed by atoms with Crippen molar-refractivity contribution < 1.29 is 4.79 Å². The molecule has 92 valence electrons. The fraction of sp³-hybridized carbons (Fsp3) is 0.917. The van der Waals surface area contributed by atoms with E-state index in [1.807, 2.05) is 16.7 Å². The molecule has 0 aromatic carbocycles. The van der Waals surface area contributed by atoms with Crippen molar-refractivity contribution in [1.82, 2.24) is 10.2 Å². The molecular formula is C12H22N2OS. The van der Waals surface area contributed by atoms with Crippen LogP contribution in [0.15, 0.2) is 0 Å². The Hall–Kier alpha value is -0.220. The molecule has 0 spiro atoms. The highest BCUT2D eigenvalue weighted by Crippen LogP contribution is 2.39. The molecule has 16 heavy (non-hydrogen) atoms. The van der Waals surface area contributed by atoms with E-state index in [-0.39, 0.29) is 17.0 Å². The Morgan fingerprint density at radius 2 is 2.38 bits per heavy atom. The molecule has 0 radical (unpaired) electrons. The van der Waals surface area contributed by atoms with Gasteiger partial charge in [0.1, 0.15) is 0 Å². The van der Waals surface area contributed by atoms with Gasteiger partial charge in [0.25, 0.3) is 0 Å². The smallest absolute Gasteiger partial charge is 0.241 e. The molecule has 0 bridgehead atoms. The van der Waals surface area contributed by atoms with Crippen molar-refractivity contribution in [3.63, 3.8) is 0 Å². The van der Waals surface area contributed by atoms with Crippen molar-refractivity contribution >= 4 is 17.7 Å². The molecule has 2 heterocycles. The molecule has 3 unspecified atom stereocenters. The van der Waals surface area contributed by atoms with Crippen LogP contribution in [0.2, 0.25) is 0 Å². The number of hydrogen-bond donors (Lipinski definition) is 1. The van der Waals surface area contributed by atoms with Gasteiger partial charge in [0, 0.05) is 11.3 Å². The third-order valence-corrected chi connectivity index (χ3v) is 5.23. The molecule has 3 atom stereocenters. The highest BCUT2D eigenvalue weighted by Gasteiger charge is 2.40. The van der Waals surface area contributed by atoms with E-state index < -0.39 is 0 Å². The van der Waals surface area contributed by atoms with E-state index in [1.54, 1.807) is 0 Å². The molecule has 0 aliphatic carbocycles. The summed E-state index contributed by atoms with van der Waals surface area (Å²) in [6, 6.07) is 0.0463. The highest BCUT2D eigenvalue weighted by molar-refractivity contribution is 8.00. The lowest BCUT2D eigenvalue weighted by molar-refractivity contribution is -0.130. The Morgan fingerprint density at radius 3 is 2.88 bits per heavy atom. The first-order valence-electron chi connectivity index (χ1n) is 6.26. The predicted octanol–water partition coefficient (Wildman–Crippen LogP) is 1.83. The number of carbonyl (C=O) groups is 1. The van der Waals surface area contributed by atoms with E-state index in [0.29, 0.717) is 5.91 Å². The molecule has 4 heteroatoms. The van der Waals surface area contributed by atoms with Crippen molar-refractivity contribution in [3.8, 4) is 0 Å². The van der Waals surface area contributed by atoms with Crippen LogP contribution >= 0.6 is 11.8 Å². The van der Waals surface area contributed by atoms with E-state index in [9.17, 15) is 4.79 Å². The van der Waals surface area contributed by atoms with Gasteiger partial charge in [-0.05, 0) is 38.9 Å². The van der Waals surface area contributed by atoms with Gasteiger partial charge in [-0.2, -0.15) is 11.8 Å². The Balaban J connectivity index is 2.01. The van der Waals surface area contributed by atoms with Gasteiger partial charge in [0.2, 0.25) is 5.91 Å². The van der Waals surface area contributed by atoms with Crippen LogP contribution in [-0.2, 0) is 4.79 Å². The molecule has 0 aromatic heterocycles. The minimum Gasteiger partial charge on any atom is -0.325 e. The van der Waals surface area contributed by atoms with Crippen LogP contribution in [0.1, 0.15) is 40.0 Å². The molecule has 2 aliphatic rings. The zero-order chi connectivity index (χ0) is 11.8. The normalized spacial score (nSPS) is 39.7. The molecule has 1 amide bonds. The molecule has 2 rings (SSSR count). The number of carbonyl (C=O) groups excluding carboxylic acids is 1. The second kappa shape index (κ2) is 4.57. The third-order valence-electron chi connectivity index (χ3n) is 3.70. The fourth-order valence-corrected chi connectivity index (χ4v) is 3.97. The summed E-state index contributed by atoms with van der Waals surface area (Å²) in [7, 11) is 0. The summed E-state index contributed by atoms with van der Waals surface area (Å²) in [6.07, 6.45) is 3.63. The Morgan fingerprint density at radius 1 is 1.62 bits per heavy atom.